The lowest BCUT2D eigenvalue weighted by Crippen LogP contribution is -2.24. The minimum absolute atomic E-state index is 0.136. The molecule has 0 radical (unpaired) electrons. The first-order chi connectivity index (χ1) is 8.99. The Kier molecular flexibility index (Phi) is 4.34. The highest BCUT2D eigenvalue weighted by Gasteiger charge is 2.33. The summed E-state index contributed by atoms with van der Waals surface area (Å²) in [6.07, 6.45) is -1.37. The van der Waals surface area contributed by atoms with Crippen LogP contribution in [-0.2, 0) is 0 Å². The van der Waals surface area contributed by atoms with Crippen molar-refractivity contribution >= 4 is 0 Å². The molecule has 1 fully saturated rings. The maximum absolute atomic E-state index is 12.2. The Morgan fingerprint density at radius 2 is 2.11 bits per heavy atom. The highest BCUT2D eigenvalue weighted by atomic mass is 19.4. The van der Waals surface area contributed by atoms with Crippen molar-refractivity contribution in [1.29, 1.82) is 0 Å². The Bertz CT molecular complexity index is 415. The zero-order valence-corrected chi connectivity index (χ0v) is 10.8. The second-order valence-corrected chi connectivity index (χ2v) is 4.89. The largest absolute Gasteiger partial charge is 0.573 e. The molecule has 106 valence electrons. The summed E-state index contributed by atoms with van der Waals surface area (Å²) < 4.78 is 40.6. The van der Waals surface area contributed by atoms with E-state index in [4.69, 9.17) is 0 Å². The molecule has 19 heavy (non-hydrogen) atoms. The van der Waals surface area contributed by atoms with E-state index >= 15 is 0 Å². The minimum atomic E-state index is -4.63. The highest BCUT2D eigenvalue weighted by molar-refractivity contribution is 5.31. The van der Waals surface area contributed by atoms with Gasteiger partial charge in [-0.15, -0.1) is 13.2 Å². The molecule has 0 heterocycles. The molecule has 1 saturated carbocycles. The number of alkyl halides is 3. The fraction of sp³-hybridized carbons (Fsp3) is 0.571. The van der Waals surface area contributed by atoms with E-state index in [2.05, 4.69) is 17.0 Å². The Morgan fingerprint density at radius 1 is 1.37 bits per heavy atom. The summed E-state index contributed by atoms with van der Waals surface area (Å²) in [5.41, 5.74) is 0.873. The molecule has 0 aliphatic heterocycles. The van der Waals surface area contributed by atoms with E-state index in [1.54, 1.807) is 6.07 Å². The van der Waals surface area contributed by atoms with Crippen molar-refractivity contribution in [2.75, 3.05) is 6.54 Å². The fourth-order valence-corrected chi connectivity index (χ4v) is 2.19. The summed E-state index contributed by atoms with van der Waals surface area (Å²) in [4.78, 5) is 0. The van der Waals surface area contributed by atoms with E-state index in [-0.39, 0.29) is 11.8 Å². The third-order valence-electron chi connectivity index (χ3n) is 3.16. The SMILES string of the molecule is CCCNC(c1cccc(OC(F)(F)F)c1)C1CC1. The summed E-state index contributed by atoms with van der Waals surface area (Å²) in [6.45, 7) is 2.94. The van der Waals surface area contributed by atoms with Crippen LogP contribution in [0, 0.1) is 5.92 Å². The van der Waals surface area contributed by atoms with Crippen molar-refractivity contribution in [3.63, 3.8) is 0 Å². The number of hydrogen-bond donors (Lipinski definition) is 1. The number of rotatable bonds is 6. The van der Waals surface area contributed by atoms with Gasteiger partial charge in [0.25, 0.3) is 0 Å². The molecule has 0 aromatic heterocycles. The van der Waals surface area contributed by atoms with Gasteiger partial charge in [-0.3, -0.25) is 0 Å². The molecule has 1 unspecified atom stereocenters. The van der Waals surface area contributed by atoms with Crippen LogP contribution in [0.5, 0.6) is 5.75 Å². The summed E-state index contributed by atoms with van der Waals surface area (Å²) in [5.74, 6) is 0.390. The molecule has 0 saturated heterocycles. The van der Waals surface area contributed by atoms with Crippen LogP contribution < -0.4 is 10.1 Å². The third kappa shape index (κ3) is 4.42. The van der Waals surface area contributed by atoms with Gasteiger partial charge in [-0.1, -0.05) is 19.1 Å². The van der Waals surface area contributed by atoms with Crippen molar-refractivity contribution < 1.29 is 17.9 Å². The van der Waals surface area contributed by atoms with E-state index in [1.165, 1.54) is 12.1 Å². The molecule has 1 aromatic carbocycles. The van der Waals surface area contributed by atoms with E-state index < -0.39 is 6.36 Å². The van der Waals surface area contributed by atoms with Gasteiger partial charge in [0.1, 0.15) is 5.75 Å². The fourth-order valence-electron chi connectivity index (χ4n) is 2.19. The monoisotopic (exact) mass is 273 g/mol. The van der Waals surface area contributed by atoms with E-state index in [9.17, 15) is 13.2 Å². The Balaban J connectivity index is 2.11. The summed E-state index contributed by atoms with van der Waals surface area (Å²) >= 11 is 0. The molecule has 0 amide bonds. The van der Waals surface area contributed by atoms with Gasteiger partial charge in [-0.05, 0) is 49.4 Å². The average molecular weight is 273 g/mol. The highest BCUT2D eigenvalue weighted by Crippen LogP contribution is 2.41. The van der Waals surface area contributed by atoms with Crippen LogP contribution in [0.25, 0.3) is 0 Å². The Morgan fingerprint density at radius 3 is 2.68 bits per heavy atom. The molecule has 2 rings (SSSR count). The van der Waals surface area contributed by atoms with Crippen molar-refractivity contribution in [3.05, 3.63) is 29.8 Å². The molecule has 1 aliphatic rings. The quantitative estimate of drug-likeness (QED) is 0.844. The predicted molar refractivity (Wildman–Crippen MR) is 66.9 cm³/mol. The maximum atomic E-state index is 12.2. The molecule has 1 aliphatic carbocycles. The van der Waals surface area contributed by atoms with Crippen LogP contribution in [0.1, 0.15) is 37.8 Å². The zero-order chi connectivity index (χ0) is 13.9. The van der Waals surface area contributed by atoms with Gasteiger partial charge in [0.2, 0.25) is 0 Å². The first kappa shape index (κ1) is 14.2. The van der Waals surface area contributed by atoms with Gasteiger partial charge in [-0.25, -0.2) is 0 Å². The third-order valence-corrected chi connectivity index (χ3v) is 3.16. The van der Waals surface area contributed by atoms with Crippen LogP contribution in [0.3, 0.4) is 0 Å². The lowest BCUT2D eigenvalue weighted by atomic mass is 10.0. The normalized spacial score (nSPS) is 17.3. The van der Waals surface area contributed by atoms with Gasteiger partial charge >= 0.3 is 6.36 Å². The zero-order valence-electron chi connectivity index (χ0n) is 10.8. The number of hydrogen-bond acceptors (Lipinski definition) is 2. The van der Waals surface area contributed by atoms with Crippen LogP contribution in [0.2, 0.25) is 0 Å². The molecule has 5 heteroatoms. The van der Waals surface area contributed by atoms with E-state index in [0.717, 1.165) is 31.4 Å². The molecular formula is C14H18F3NO. The van der Waals surface area contributed by atoms with Crippen molar-refractivity contribution in [2.24, 2.45) is 5.92 Å². The van der Waals surface area contributed by atoms with Gasteiger partial charge in [0, 0.05) is 6.04 Å². The van der Waals surface area contributed by atoms with Gasteiger partial charge in [-0.2, -0.15) is 0 Å². The number of benzene rings is 1. The second kappa shape index (κ2) is 5.82. The molecule has 1 N–H and O–H groups in total. The lowest BCUT2D eigenvalue weighted by molar-refractivity contribution is -0.274. The molecule has 2 nitrogen and oxygen atoms in total. The Labute approximate surface area is 111 Å². The average Bonchev–Trinajstić information content (AvgIpc) is 3.12. The first-order valence-electron chi connectivity index (χ1n) is 6.58. The standard InChI is InChI=1S/C14H18F3NO/c1-2-8-18-13(10-6-7-10)11-4-3-5-12(9-11)19-14(15,16)17/h3-5,9-10,13,18H,2,6-8H2,1H3. The molecule has 1 atom stereocenters. The maximum Gasteiger partial charge on any atom is 0.573 e. The van der Waals surface area contributed by atoms with Gasteiger partial charge < -0.3 is 10.1 Å². The number of nitrogens with one attached hydrogen (secondary N) is 1. The smallest absolute Gasteiger partial charge is 0.406 e. The molecular weight excluding hydrogens is 255 g/mol. The lowest BCUT2D eigenvalue weighted by Gasteiger charge is -2.19. The van der Waals surface area contributed by atoms with Crippen LogP contribution >= 0.6 is 0 Å². The minimum Gasteiger partial charge on any atom is -0.406 e. The molecule has 1 aromatic rings. The van der Waals surface area contributed by atoms with Crippen molar-refractivity contribution in [2.45, 2.75) is 38.6 Å². The Hall–Kier alpha value is -1.23. The van der Waals surface area contributed by atoms with Gasteiger partial charge in [0.15, 0.2) is 0 Å². The number of halogens is 3. The van der Waals surface area contributed by atoms with E-state index in [0.29, 0.717) is 5.92 Å². The van der Waals surface area contributed by atoms with Gasteiger partial charge in [0.05, 0.1) is 0 Å². The number of ether oxygens (including phenoxy) is 1. The molecule has 0 spiro atoms. The van der Waals surface area contributed by atoms with E-state index in [1.807, 2.05) is 6.07 Å². The van der Waals surface area contributed by atoms with Crippen LogP contribution in [0.15, 0.2) is 24.3 Å². The summed E-state index contributed by atoms with van der Waals surface area (Å²) in [7, 11) is 0. The van der Waals surface area contributed by atoms with Crippen LogP contribution in [-0.4, -0.2) is 12.9 Å². The summed E-state index contributed by atoms with van der Waals surface area (Å²) in [6, 6.07) is 6.42. The van der Waals surface area contributed by atoms with Crippen molar-refractivity contribution in [3.8, 4) is 5.75 Å². The second-order valence-electron chi connectivity index (χ2n) is 4.89. The summed E-state index contributed by atoms with van der Waals surface area (Å²) in [5, 5.41) is 3.40. The first-order valence-corrected chi connectivity index (χ1v) is 6.58. The molecule has 0 bridgehead atoms. The topological polar surface area (TPSA) is 21.3 Å². The predicted octanol–water partition coefficient (Wildman–Crippen LogP) is 4.04. The van der Waals surface area contributed by atoms with Crippen molar-refractivity contribution in [1.82, 2.24) is 5.32 Å². The van der Waals surface area contributed by atoms with Crippen LogP contribution in [0.4, 0.5) is 13.2 Å².